The standard InChI is InChI=1S/C25H21NO3/c1-16(2)17-11-13-21(14-12-17)26-24(27)19-9-7-18(8-10-19)22-15-20-5-3-4-6-23(20)29-25(22)28/h3-16H,1-2H3,(H,26,27). The molecule has 0 saturated carbocycles. The van der Waals surface area contributed by atoms with Gasteiger partial charge in [0.1, 0.15) is 5.58 Å². The van der Waals surface area contributed by atoms with Crippen LogP contribution in [0.2, 0.25) is 0 Å². The van der Waals surface area contributed by atoms with Gasteiger partial charge in [0.2, 0.25) is 0 Å². The minimum atomic E-state index is -0.397. The predicted octanol–water partition coefficient (Wildman–Crippen LogP) is 5.84. The monoisotopic (exact) mass is 383 g/mol. The second kappa shape index (κ2) is 7.76. The maximum atomic E-state index is 12.5. The van der Waals surface area contributed by atoms with Crippen LogP contribution >= 0.6 is 0 Å². The van der Waals surface area contributed by atoms with E-state index >= 15 is 0 Å². The molecule has 144 valence electrons. The quantitative estimate of drug-likeness (QED) is 0.451. The number of para-hydroxylation sites is 1. The molecule has 0 bridgehead atoms. The molecule has 0 atom stereocenters. The second-order valence-electron chi connectivity index (χ2n) is 7.29. The van der Waals surface area contributed by atoms with E-state index in [0.717, 1.165) is 11.1 Å². The maximum Gasteiger partial charge on any atom is 0.344 e. The van der Waals surface area contributed by atoms with Crippen LogP contribution in [0.25, 0.3) is 22.1 Å². The fourth-order valence-corrected chi connectivity index (χ4v) is 3.22. The molecule has 1 N–H and O–H groups in total. The second-order valence-corrected chi connectivity index (χ2v) is 7.29. The zero-order chi connectivity index (χ0) is 20.4. The molecule has 0 fully saturated rings. The third-order valence-electron chi connectivity index (χ3n) is 4.93. The van der Waals surface area contributed by atoms with Gasteiger partial charge in [-0.2, -0.15) is 0 Å². The summed E-state index contributed by atoms with van der Waals surface area (Å²) >= 11 is 0. The van der Waals surface area contributed by atoms with Gasteiger partial charge >= 0.3 is 5.63 Å². The normalized spacial score (nSPS) is 11.0. The van der Waals surface area contributed by atoms with E-state index in [4.69, 9.17) is 4.42 Å². The first kappa shape index (κ1) is 18.7. The number of nitrogens with one attached hydrogen (secondary N) is 1. The molecule has 4 nitrogen and oxygen atoms in total. The lowest BCUT2D eigenvalue weighted by atomic mass is 10.0. The van der Waals surface area contributed by atoms with Crippen molar-refractivity contribution in [2.24, 2.45) is 0 Å². The zero-order valence-corrected chi connectivity index (χ0v) is 16.3. The maximum absolute atomic E-state index is 12.5. The highest BCUT2D eigenvalue weighted by Crippen LogP contribution is 2.22. The lowest BCUT2D eigenvalue weighted by Gasteiger charge is -2.09. The molecule has 0 aliphatic rings. The van der Waals surface area contributed by atoms with Crippen molar-refractivity contribution in [1.29, 1.82) is 0 Å². The SMILES string of the molecule is CC(C)c1ccc(NC(=O)c2ccc(-c3cc4ccccc4oc3=O)cc2)cc1. The number of benzene rings is 3. The first-order chi connectivity index (χ1) is 14.0. The molecule has 4 rings (SSSR count). The first-order valence-electron chi connectivity index (χ1n) is 9.56. The summed E-state index contributed by atoms with van der Waals surface area (Å²) in [4.78, 5) is 24.9. The Kier molecular flexibility index (Phi) is 5.00. The predicted molar refractivity (Wildman–Crippen MR) is 116 cm³/mol. The Morgan fingerprint density at radius 2 is 1.59 bits per heavy atom. The molecule has 29 heavy (non-hydrogen) atoms. The number of anilines is 1. The van der Waals surface area contributed by atoms with E-state index in [1.54, 1.807) is 30.3 Å². The number of hydrogen-bond acceptors (Lipinski definition) is 3. The Balaban J connectivity index is 1.55. The third-order valence-corrected chi connectivity index (χ3v) is 4.93. The summed E-state index contributed by atoms with van der Waals surface area (Å²) < 4.78 is 5.40. The molecule has 1 aromatic heterocycles. The Morgan fingerprint density at radius 1 is 0.897 bits per heavy atom. The highest BCUT2D eigenvalue weighted by molar-refractivity contribution is 6.04. The molecular formula is C25H21NO3. The van der Waals surface area contributed by atoms with Gasteiger partial charge in [-0.05, 0) is 53.4 Å². The van der Waals surface area contributed by atoms with Crippen LogP contribution in [0, 0.1) is 0 Å². The van der Waals surface area contributed by atoms with E-state index in [0.29, 0.717) is 28.2 Å². The van der Waals surface area contributed by atoms with E-state index in [9.17, 15) is 9.59 Å². The van der Waals surface area contributed by atoms with Crippen LogP contribution in [0.4, 0.5) is 5.69 Å². The van der Waals surface area contributed by atoms with Crippen LogP contribution < -0.4 is 10.9 Å². The van der Waals surface area contributed by atoms with Gasteiger partial charge in [0, 0.05) is 16.6 Å². The van der Waals surface area contributed by atoms with Gasteiger partial charge in [0.25, 0.3) is 5.91 Å². The highest BCUT2D eigenvalue weighted by Gasteiger charge is 2.10. The summed E-state index contributed by atoms with van der Waals surface area (Å²) in [6.45, 7) is 4.26. The molecular weight excluding hydrogens is 362 g/mol. The van der Waals surface area contributed by atoms with E-state index in [-0.39, 0.29) is 5.91 Å². The molecule has 0 unspecified atom stereocenters. The number of carbonyl (C=O) groups is 1. The van der Waals surface area contributed by atoms with Gasteiger partial charge < -0.3 is 9.73 Å². The third kappa shape index (κ3) is 3.97. The minimum absolute atomic E-state index is 0.195. The van der Waals surface area contributed by atoms with Crippen molar-refractivity contribution in [3.8, 4) is 11.1 Å². The van der Waals surface area contributed by atoms with Gasteiger partial charge in [-0.15, -0.1) is 0 Å². The summed E-state index contributed by atoms with van der Waals surface area (Å²) in [6, 6.07) is 24.0. The average Bonchev–Trinajstić information content (AvgIpc) is 2.74. The van der Waals surface area contributed by atoms with E-state index in [1.807, 2.05) is 48.5 Å². The summed E-state index contributed by atoms with van der Waals surface area (Å²) in [5.74, 6) is 0.249. The van der Waals surface area contributed by atoms with Gasteiger partial charge in [-0.25, -0.2) is 4.79 Å². The molecule has 1 heterocycles. The number of carbonyl (C=O) groups excluding carboxylic acids is 1. The molecule has 0 radical (unpaired) electrons. The van der Waals surface area contributed by atoms with Crippen molar-refractivity contribution in [3.05, 3.63) is 100 Å². The van der Waals surface area contributed by atoms with Crippen molar-refractivity contribution >= 4 is 22.6 Å². The van der Waals surface area contributed by atoms with Crippen molar-refractivity contribution in [2.45, 2.75) is 19.8 Å². The smallest absolute Gasteiger partial charge is 0.344 e. The molecule has 0 aliphatic carbocycles. The lowest BCUT2D eigenvalue weighted by molar-refractivity contribution is 0.102. The van der Waals surface area contributed by atoms with E-state index in [1.165, 1.54) is 5.56 Å². The molecule has 4 aromatic rings. The number of hydrogen-bond donors (Lipinski definition) is 1. The summed E-state index contributed by atoms with van der Waals surface area (Å²) in [7, 11) is 0. The summed E-state index contributed by atoms with van der Waals surface area (Å²) in [6.07, 6.45) is 0. The zero-order valence-electron chi connectivity index (χ0n) is 16.3. The number of rotatable bonds is 4. The van der Waals surface area contributed by atoms with Crippen LogP contribution in [0.1, 0.15) is 35.7 Å². The van der Waals surface area contributed by atoms with Crippen LogP contribution in [-0.4, -0.2) is 5.91 Å². The molecule has 1 amide bonds. The molecule has 0 saturated heterocycles. The van der Waals surface area contributed by atoms with Gasteiger partial charge in [0.15, 0.2) is 0 Å². The van der Waals surface area contributed by atoms with Gasteiger partial charge in [-0.1, -0.05) is 56.3 Å². The number of amides is 1. The average molecular weight is 383 g/mol. The molecule has 0 aliphatic heterocycles. The van der Waals surface area contributed by atoms with Crippen molar-refractivity contribution < 1.29 is 9.21 Å². The van der Waals surface area contributed by atoms with Crippen LogP contribution in [-0.2, 0) is 0 Å². The first-order valence-corrected chi connectivity index (χ1v) is 9.56. The van der Waals surface area contributed by atoms with Crippen LogP contribution in [0.5, 0.6) is 0 Å². The Labute approximate surface area is 168 Å². The van der Waals surface area contributed by atoms with Crippen LogP contribution in [0.15, 0.2) is 88.1 Å². The Bertz CT molecular complexity index is 1220. The fourth-order valence-electron chi connectivity index (χ4n) is 3.22. The van der Waals surface area contributed by atoms with Gasteiger partial charge in [0.05, 0.1) is 5.56 Å². The topological polar surface area (TPSA) is 59.3 Å². The Morgan fingerprint density at radius 3 is 2.28 bits per heavy atom. The van der Waals surface area contributed by atoms with Crippen LogP contribution in [0.3, 0.4) is 0 Å². The van der Waals surface area contributed by atoms with Crippen molar-refractivity contribution in [2.75, 3.05) is 5.32 Å². The van der Waals surface area contributed by atoms with Gasteiger partial charge in [-0.3, -0.25) is 4.79 Å². The minimum Gasteiger partial charge on any atom is -0.422 e. The van der Waals surface area contributed by atoms with E-state index in [2.05, 4.69) is 19.2 Å². The van der Waals surface area contributed by atoms with Crippen molar-refractivity contribution in [1.82, 2.24) is 0 Å². The highest BCUT2D eigenvalue weighted by atomic mass is 16.4. The summed E-state index contributed by atoms with van der Waals surface area (Å²) in [5, 5.41) is 3.76. The van der Waals surface area contributed by atoms with Crippen molar-refractivity contribution in [3.63, 3.8) is 0 Å². The largest absolute Gasteiger partial charge is 0.422 e. The molecule has 3 aromatic carbocycles. The molecule has 0 spiro atoms. The lowest BCUT2D eigenvalue weighted by Crippen LogP contribution is -2.12. The van der Waals surface area contributed by atoms with E-state index < -0.39 is 5.63 Å². The summed E-state index contributed by atoms with van der Waals surface area (Å²) in [5.41, 5.74) is 3.83. The molecule has 4 heteroatoms. The Hall–Kier alpha value is -3.66. The fraction of sp³-hybridized carbons (Fsp3) is 0.120. The number of fused-ring (bicyclic) bond motifs is 1.